The van der Waals surface area contributed by atoms with Gasteiger partial charge in [-0.05, 0) is 30.5 Å². The van der Waals surface area contributed by atoms with Crippen LogP contribution in [0.15, 0.2) is 24.3 Å². The summed E-state index contributed by atoms with van der Waals surface area (Å²) in [7, 11) is 0. The fourth-order valence-corrected chi connectivity index (χ4v) is 2.01. The van der Waals surface area contributed by atoms with Crippen LogP contribution >= 0.6 is 0 Å². The van der Waals surface area contributed by atoms with Gasteiger partial charge in [-0.2, -0.15) is 5.26 Å². The highest BCUT2D eigenvalue weighted by Crippen LogP contribution is 2.12. The zero-order valence-electron chi connectivity index (χ0n) is 11.8. The molecule has 0 saturated heterocycles. The van der Waals surface area contributed by atoms with Crippen molar-refractivity contribution < 1.29 is 4.79 Å². The number of unbranched alkanes of at least 4 members (excludes halogenated alkanes) is 1. The smallest absolute Gasteiger partial charge is 0.251 e. The van der Waals surface area contributed by atoms with Gasteiger partial charge in [0, 0.05) is 12.1 Å². The van der Waals surface area contributed by atoms with Crippen molar-refractivity contribution in [2.75, 3.05) is 6.54 Å². The molecule has 1 amide bonds. The molecule has 1 rings (SSSR count). The Morgan fingerprint density at radius 3 is 2.84 bits per heavy atom. The number of carbonyl (C=O) groups excluding carboxylic acids is 1. The van der Waals surface area contributed by atoms with Crippen LogP contribution < -0.4 is 5.32 Å². The van der Waals surface area contributed by atoms with Crippen LogP contribution in [0.25, 0.3) is 0 Å². The van der Waals surface area contributed by atoms with E-state index in [0.29, 0.717) is 23.6 Å². The number of hydrogen-bond donors (Lipinski definition) is 1. The van der Waals surface area contributed by atoms with Gasteiger partial charge in [-0.3, -0.25) is 4.79 Å². The lowest BCUT2D eigenvalue weighted by atomic mass is 9.99. The van der Waals surface area contributed by atoms with Crippen molar-refractivity contribution in [3.63, 3.8) is 0 Å². The fourth-order valence-electron chi connectivity index (χ4n) is 2.01. The lowest BCUT2D eigenvalue weighted by Gasteiger charge is -2.15. The Morgan fingerprint density at radius 1 is 1.42 bits per heavy atom. The van der Waals surface area contributed by atoms with Gasteiger partial charge >= 0.3 is 0 Å². The molecule has 0 saturated carbocycles. The number of amides is 1. The van der Waals surface area contributed by atoms with Crippen molar-refractivity contribution in [1.82, 2.24) is 5.32 Å². The maximum Gasteiger partial charge on any atom is 0.251 e. The number of hydrogen-bond acceptors (Lipinski definition) is 2. The second kappa shape index (κ2) is 8.31. The van der Waals surface area contributed by atoms with Crippen molar-refractivity contribution in [3.8, 4) is 6.07 Å². The Labute approximate surface area is 115 Å². The van der Waals surface area contributed by atoms with E-state index in [4.69, 9.17) is 5.26 Å². The molecule has 0 spiro atoms. The number of benzene rings is 1. The van der Waals surface area contributed by atoms with E-state index in [9.17, 15) is 4.79 Å². The molecule has 0 fully saturated rings. The SMILES string of the molecule is CCCCC(CC)CNC(=O)c1cccc(C#N)c1. The highest BCUT2D eigenvalue weighted by molar-refractivity contribution is 5.94. The molecule has 0 aliphatic rings. The first kappa shape index (κ1) is 15.2. The average Bonchev–Trinajstić information content (AvgIpc) is 2.47. The number of rotatable bonds is 7. The molecule has 0 aliphatic heterocycles. The monoisotopic (exact) mass is 258 g/mol. The fraction of sp³-hybridized carbons (Fsp3) is 0.500. The van der Waals surface area contributed by atoms with Crippen LogP contribution in [0.5, 0.6) is 0 Å². The summed E-state index contributed by atoms with van der Waals surface area (Å²) in [6.45, 7) is 5.05. The quantitative estimate of drug-likeness (QED) is 0.813. The molecule has 3 nitrogen and oxygen atoms in total. The minimum atomic E-state index is -0.0907. The number of nitriles is 1. The summed E-state index contributed by atoms with van der Waals surface area (Å²) >= 11 is 0. The third kappa shape index (κ3) is 5.13. The van der Waals surface area contributed by atoms with E-state index in [0.717, 1.165) is 12.8 Å². The molecule has 0 bridgehead atoms. The Morgan fingerprint density at radius 2 is 2.21 bits per heavy atom. The van der Waals surface area contributed by atoms with E-state index in [1.807, 2.05) is 6.07 Å². The first-order chi connectivity index (χ1) is 9.21. The molecule has 1 aromatic rings. The first-order valence-electron chi connectivity index (χ1n) is 6.99. The van der Waals surface area contributed by atoms with E-state index in [1.54, 1.807) is 24.3 Å². The highest BCUT2D eigenvalue weighted by atomic mass is 16.1. The normalized spacial score (nSPS) is 11.6. The molecule has 1 atom stereocenters. The summed E-state index contributed by atoms with van der Waals surface area (Å²) in [5.41, 5.74) is 1.08. The molecular formula is C16H22N2O. The zero-order chi connectivity index (χ0) is 14.1. The lowest BCUT2D eigenvalue weighted by Crippen LogP contribution is -2.29. The van der Waals surface area contributed by atoms with Gasteiger partial charge in [0.25, 0.3) is 5.91 Å². The third-order valence-electron chi connectivity index (χ3n) is 3.35. The molecular weight excluding hydrogens is 236 g/mol. The van der Waals surface area contributed by atoms with Crippen LogP contribution in [0.1, 0.15) is 55.5 Å². The van der Waals surface area contributed by atoms with Gasteiger partial charge in [0.2, 0.25) is 0 Å². The number of nitrogens with one attached hydrogen (secondary N) is 1. The predicted molar refractivity (Wildman–Crippen MR) is 76.8 cm³/mol. The van der Waals surface area contributed by atoms with Crippen molar-refractivity contribution in [1.29, 1.82) is 5.26 Å². The Balaban J connectivity index is 2.52. The van der Waals surface area contributed by atoms with Crippen LogP contribution in [0, 0.1) is 17.2 Å². The number of nitrogens with zero attached hydrogens (tertiary/aromatic N) is 1. The average molecular weight is 258 g/mol. The molecule has 19 heavy (non-hydrogen) atoms. The predicted octanol–water partition coefficient (Wildman–Crippen LogP) is 3.50. The van der Waals surface area contributed by atoms with Crippen LogP contribution in [0.3, 0.4) is 0 Å². The molecule has 3 heteroatoms. The Hall–Kier alpha value is -1.82. The van der Waals surface area contributed by atoms with Crippen LogP contribution in [0.2, 0.25) is 0 Å². The third-order valence-corrected chi connectivity index (χ3v) is 3.35. The van der Waals surface area contributed by atoms with Gasteiger partial charge in [-0.25, -0.2) is 0 Å². The van der Waals surface area contributed by atoms with Gasteiger partial charge in [0.15, 0.2) is 0 Å². The topological polar surface area (TPSA) is 52.9 Å². The zero-order valence-corrected chi connectivity index (χ0v) is 11.8. The summed E-state index contributed by atoms with van der Waals surface area (Å²) < 4.78 is 0. The molecule has 1 N–H and O–H groups in total. The molecule has 0 aromatic heterocycles. The summed E-state index contributed by atoms with van der Waals surface area (Å²) in [6.07, 6.45) is 4.64. The minimum absolute atomic E-state index is 0.0907. The highest BCUT2D eigenvalue weighted by Gasteiger charge is 2.10. The second-order valence-electron chi connectivity index (χ2n) is 4.82. The van der Waals surface area contributed by atoms with E-state index in [1.165, 1.54) is 12.8 Å². The van der Waals surface area contributed by atoms with E-state index < -0.39 is 0 Å². The van der Waals surface area contributed by atoms with Crippen LogP contribution in [-0.4, -0.2) is 12.5 Å². The molecule has 0 aliphatic carbocycles. The largest absolute Gasteiger partial charge is 0.352 e. The van der Waals surface area contributed by atoms with Gasteiger partial charge in [-0.15, -0.1) is 0 Å². The molecule has 1 unspecified atom stereocenters. The van der Waals surface area contributed by atoms with Crippen molar-refractivity contribution in [2.45, 2.75) is 39.5 Å². The Bertz CT molecular complexity index is 448. The van der Waals surface area contributed by atoms with Crippen molar-refractivity contribution >= 4 is 5.91 Å². The summed E-state index contributed by atoms with van der Waals surface area (Å²) in [6, 6.07) is 8.85. The van der Waals surface area contributed by atoms with Gasteiger partial charge in [0.1, 0.15) is 0 Å². The summed E-state index contributed by atoms with van der Waals surface area (Å²) in [5, 5.41) is 11.8. The van der Waals surface area contributed by atoms with Crippen molar-refractivity contribution in [2.24, 2.45) is 5.92 Å². The first-order valence-corrected chi connectivity index (χ1v) is 6.99. The molecule has 0 heterocycles. The molecule has 1 aromatic carbocycles. The van der Waals surface area contributed by atoms with Crippen LogP contribution in [0.4, 0.5) is 0 Å². The van der Waals surface area contributed by atoms with E-state index in [-0.39, 0.29) is 5.91 Å². The van der Waals surface area contributed by atoms with Gasteiger partial charge in [-0.1, -0.05) is 39.2 Å². The standard InChI is InChI=1S/C16H22N2O/c1-3-5-7-13(4-2)12-18-16(19)15-9-6-8-14(10-15)11-17/h6,8-10,13H,3-5,7,12H2,1-2H3,(H,18,19). The maximum atomic E-state index is 12.0. The Kier molecular flexibility index (Phi) is 6.67. The summed E-state index contributed by atoms with van der Waals surface area (Å²) in [4.78, 5) is 12.0. The van der Waals surface area contributed by atoms with Gasteiger partial charge < -0.3 is 5.32 Å². The molecule has 102 valence electrons. The minimum Gasteiger partial charge on any atom is -0.352 e. The van der Waals surface area contributed by atoms with Gasteiger partial charge in [0.05, 0.1) is 11.6 Å². The van der Waals surface area contributed by atoms with E-state index >= 15 is 0 Å². The maximum absolute atomic E-state index is 12.0. The lowest BCUT2D eigenvalue weighted by molar-refractivity contribution is 0.0946. The van der Waals surface area contributed by atoms with Crippen molar-refractivity contribution in [3.05, 3.63) is 35.4 Å². The second-order valence-corrected chi connectivity index (χ2v) is 4.82. The number of carbonyl (C=O) groups is 1. The van der Waals surface area contributed by atoms with E-state index in [2.05, 4.69) is 19.2 Å². The van der Waals surface area contributed by atoms with Crippen LogP contribution in [-0.2, 0) is 0 Å². The molecule has 0 radical (unpaired) electrons. The summed E-state index contributed by atoms with van der Waals surface area (Å²) in [5.74, 6) is 0.454.